The molecule has 1 aromatic carbocycles. The van der Waals surface area contributed by atoms with Crippen molar-refractivity contribution in [3.8, 4) is 0 Å². The van der Waals surface area contributed by atoms with Crippen molar-refractivity contribution < 1.29 is 9.21 Å². The molecule has 1 aliphatic heterocycles. The van der Waals surface area contributed by atoms with Crippen LogP contribution in [0.25, 0.3) is 0 Å². The van der Waals surface area contributed by atoms with Gasteiger partial charge in [0.2, 0.25) is 5.91 Å². The van der Waals surface area contributed by atoms with Crippen LogP contribution in [0.4, 0.5) is 11.4 Å². The lowest BCUT2D eigenvalue weighted by atomic mass is 10.1. The minimum atomic E-state index is -0.287. The van der Waals surface area contributed by atoms with Gasteiger partial charge >= 0.3 is 0 Å². The van der Waals surface area contributed by atoms with Crippen molar-refractivity contribution in [2.24, 2.45) is 0 Å². The van der Waals surface area contributed by atoms with Crippen molar-refractivity contribution in [2.75, 3.05) is 24.3 Å². The summed E-state index contributed by atoms with van der Waals surface area (Å²) in [6.07, 6.45) is 3.40. The highest BCUT2D eigenvalue weighted by Gasteiger charge is 2.30. The molecular weight excluding hydrogens is 334 g/mol. The molecule has 1 amide bonds. The zero-order valence-corrected chi connectivity index (χ0v) is 13.4. The lowest BCUT2D eigenvalue weighted by Crippen LogP contribution is -2.23. The van der Waals surface area contributed by atoms with Gasteiger partial charge in [-0.25, -0.2) is 0 Å². The second kappa shape index (κ2) is 5.54. The van der Waals surface area contributed by atoms with Gasteiger partial charge in [-0.1, -0.05) is 0 Å². The Kier molecular flexibility index (Phi) is 3.73. The van der Waals surface area contributed by atoms with Crippen LogP contribution in [0.1, 0.15) is 17.2 Å². The highest BCUT2D eigenvalue weighted by Crippen LogP contribution is 2.38. The maximum atomic E-state index is 11.9. The molecule has 0 bridgehead atoms. The van der Waals surface area contributed by atoms with Gasteiger partial charge in [-0.15, -0.1) is 0 Å². The van der Waals surface area contributed by atoms with Crippen LogP contribution in [0, 0.1) is 0 Å². The molecule has 0 fully saturated rings. The monoisotopic (exact) mass is 349 g/mol. The topological polar surface area (TPSA) is 57.5 Å². The molecule has 1 aliphatic rings. The first-order chi connectivity index (χ1) is 10.1. The van der Waals surface area contributed by atoms with Crippen molar-refractivity contribution >= 4 is 33.2 Å². The van der Waals surface area contributed by atoms with Crippen LogP contribution in [-0.4, -0.2) is 20.0 Å². The smallest absolute Gasteiger partial charge is 0.246 e. The molecule has 0 spiro atoms. The molecule has 21 heavy (non-hydrogen) atoms. The number of amides is 1. The van der Waals surface area contributed by atoms with Crippen molar-refractivity contribution in [1.29, 1.82) is 0 Å². The van der Waals surface area contributed by atoms with Crippen molar-refractivity contribution in [3.05, 3.63) is 46.3 Å². The van der Waals surface area contributed by atoms with Crippen molar-refractivity contribution in [1.82, 2.24) is 5.32 Å². The van der Waals surface area contributed by atoms with Gasteiger partial charge < -0.3 is 20.0 Å². The van der Waals surface area contributed by atoms with Crippen LogP contribution in [0.2, 0.25) is 0 Å². The van der Waals surface area contributed by atoms with E-state index < -0.39 is 0 Å². The van der Waals surface area contributed by atoms with Crippen LogP contribution in [-0.2, 0) is 11.3 Å². The third-order valence-corrected chi connectivity index (χ3v) is 4.28. The summed E-state index contributed by atoms with van der Waals surface area (Å²) in [5, 5.41) is 5.94. The van der Waals surface area contributed by atoms with Gasteiger partial charge in [-0.05, 0) is 41.2 Å². The number of carbonyl (C=O) groups excluding carboxylic acids is 1. The Balaban J connectivity index is 1.91. The normalized spacial score (nSPS) is 16.7. The molecule has 1 atom stereocenters. The molecule has 3 rings (SSSR count). The third kappa shape index (κ3) is 2.56. The minimum Gasteiger partial charge on any atom is -0.472 e. The van der Waals surface area contributed by atoms with E-state index in [0.29, 0.717) is 0 Å². The van der Waals surface area contributed by atoms with Crippen molar-refractivity contribution in [2.45, 2.75) is 12.6 Å². The highest BCUT2D eigenvalue weighted by molar-refractivity contribution is 9.10. The highest BCUT2D eigenvalue weighted by atomic mass is 79.9. The van der Waals surface area contributed by atoms with E-state index in [1.54, 1.807) is 19.6 Å². The summed E-state index contributed by atoms with van der Waals surface area (Å²) in [6.45, 7) is 0.733. The van der Waals surface area contributed by atoms with E-state index in [2.05, 4.69) is 31.5 Å². The van der Waals surface area contributed by atoms with Gasteiger partial charge in [0, 0.05) is 34.9 Å². The fourth-order valence-electron chi connectivity index (χ4n) is 2.59. The average Bonchev–Trinajstić information content (AvgIpc) is 3.04. The molecule has 1 unspecified atom stereocenters. The number of nitrogens with zero attached hydrogens (tertiary/aromatic N) is 1. The number of anilines is 2. The standard InChI is InChI=1S/C15H16BrN3O2/c1-17-14-10-5-11(16)13(6-12(10)18-15(14)20)19(2)7-9-3-4-21-8-9/h3-6,8,14,17H,7H2,1-2H3,(H,18,20). The Labute approximate surface area is 131 Å². The molecule has 2 aromatic rings. The SMILES string of the molecule is CNC1C(=O)Nc2cc(N(C)Cc3ccoc3)c(Br)cc21. The Morgan fingerprint density at radius 3 is 2.95 bits per heavy atom. The Morgan fingerprint density at radius 2 is 2.29 bits per heavy atom. The summed E-state index contributed by atoms with van der Waals surface area (Å²) in [4.78, 5) is 14.0. The number of likely N-dealkylation sites (N-methyl/N-ethyl adjacent to an activating group) is 1. The second-order valence-corrected chi connectivity index (χ2v) is 5.94. The summed E-state index contributed by atoms with van der Waals surface area (Å²) < 4.78 is 6.06. The van der Waals surface area contributed by atoms with Gasteiger partial charge in [-0.2, -0.15) is 0 Å². The first-order valence-corrected chi connectivity index (χ1v) is 7.43. The van der Waals surface area contributed by atoms with E-state index in [1.807, 2.05) is 25.2 Å². The molecule has 0 saturated carbocycles. The molecule has 0 aliphatic carbocycles. The summed E-state index contributed by atoms with van der Waals surface area (Å²) in [5.74, 6) is -0.0194. The predicted octanol–water partition coefficient (Wildman–Crippen LogP) is 2.89. The van der Waals surface area contributed by atoms with Gasteiger partial charge in [0.05, 0.1) is 18.2 Å². The molecule has 2 N–H and O–H groups in total. The number of rotatable bonds is 4. The molecule has 110 valence electrons. The van der Waals surface area contributed by atoms with Crippen LogP contribution >= 0.6 is 15.9 Å². The number of carbonyl (C=O) groups is 1. The molecule has 6 heteroatoms. The zero-order chi connectivity index (χ0) is 15.0. The molecule has 0 radical (unpaired) electrons. The minimum absolute atomic E-state index is 0.0194. The maximum Gasteiger partial charge on any atom is 0.246 e. The summed E-state index contributed by atoms with van der Waals surface area (Å²) >= 11 is 3.60. The van der Waals surface area contributed by atoms with E-state index in [4.69, 9.17) is 4.42 Å². The number of fused-ring (bicyclic) bond motifs is 1. The van der Waals surface area contributed by atoms with Gasteiger partial charge in [0.1, 0.15) is 6.04 Å². The van der Waals surface area contributed by atoms with E-state index in [0.717, 1.165) is 33.5 Å². The lowest BCUT2D eigenvalue weighted by molar-refractivity contribution is -0.117. The average molecular weight is 350 g/mol. The Morgan fingerprint density at radius 1 is 1.48 bits per heavy atom. The Hall–Kier alpha value is -1.79. The number of benzene rings is 1. The molecule has 2 heterocycles. The van der Waals surface area contributed by atoms with Gasteiger partial charge in [0.25, 0.3) is 0 Å². The molecule has 1 aromatic heterocycles. The number of halogens is 1. The first kappa shape index (κ1) is 14.2. The largest absolute Gasteiger partial charge is 0.472 e. The second-order valence-electron chi connectivity index (χ2n) is 5.09. The van der Waals surface area contributed by atoms with Crippen LogP contribution in [0.5, 0.6) is 0 Å². The molecule has 0 saturated heterocycles. The number of hydrogen-bond acceptors (Lipinski definition) is 4. The third-order valence-electron chi connectivity index (χ3n) is 3.65. The van der Waals surface area contributed by atoms with Gasteiger partial charge in [0.15, 0.2) is 0 Å². The summed E-state index contributed by atoms with van der Waals surface area (Å²) in [6, 6.07) is 5.64. The van der Waals surface area contributed by atoms with E-state index in [-0.39, 0.29) is 11.9 Å². The quantitative estimate of drug-likeness (QED) is 0.890. The predicted molar refractivity (Wildman–Crippen MR) is 85.4 cm³/mol. The first-order valence-electron chi connectivity index (χ1n) is 6.64. The fraction of sp³-hybridized carbons (Fsp3) is 0.267. The maximum absolute atomic E-state index is 11.9. The summed E-state index contributed by atoms with van der Waals surface area (Å²) in [5.41, 5.74) is 3.94. The molecule has 5 nitrogen and oxygen atoms in total. The zero-order valence-electron chi connectivity index (χ0n) is 11.8. The number of hydrogen-bond donors (Lipinski definition) is 2. The van der Waals surface area contributed by atoms with Crippen LogP contribution < -0.4 is 15.5 Å². The molecular formula is C15H16BrN3O2. The van der Waals surface area contributed by atoms with Crippen LogP contribution in [0.3, 0.4) is 0 Å². The summed E-state index contributed by atoms with van der Waals surface area (Å²) in [7, 11) is 3.79. The van der Waals surface area contributed by atoms with E-state index in [9.17, 15) is 4.79 Å². The number of furan rings is 1. The Bertz CT molecular complexity index is 670. The lowest BCUT2D eigenvalue weighted by Gasteiger charge is -2.21. The van der Waals surface area contributed by atoms with Crippen LogP contribution in [0.15, 0.2) is 39.6 Å². The van der Waals surface area contributed by atoms with E-state index in [1.165, 1.54) is 0 Å². The fourth-order valence-corrected chi connectivity index (χ4v) is 3.25. The van der Waals surface area contributed by atoms with Crippen molar-refractivity contribution in [3.63, 3.8) is 0 Å². The number of nitrogens with one attached hydrogen (secondary N) is 2. The van der Waals surface area contributed by atoms with Gasteiger partial charge in [-0.3, -0.25) is 4.79 Å². The van der Waals surface area contributed by atoms with E-state index >= 15 is 0 Å².